The van der Waals surface area contributed by atoms with Gasteiger partial charge in [-0.15, -0.1) is 10.2 Å². The first-order valence-electron chi connectivity index (χ1n) is 5.68. The zero-order valence-electron chi connectivity index (χ0n) is 9.92. The van der Waals surface area contributed by atoms with E-state index in [0.717, 1.165) is 22.1 Å². The molecule has 5 heteroatoms. The van der Waals surface area contributed by atoms with E-state index < -0.39 is 0 Å². The Hall–Kier alpha value is -2.01. The minimum absolute atomic E-state index is 0.757. The predicted molar refractivity (Wildman–Crippen MR) is 73.7 cm³/mol. The number of benzene rings is 1. The van der Waals surface area contributed by atoms with Gasteiger partial charge in [-0.05, 0) is 30.0 Å². The van der Waals surface area contributed by atoms with E-state index in [0.29, 0.717) is 0 Å². The van der Waals surface area contributed by atoms with Gasteiger partial charge >= 0.3 is 0 Å². The maximum Gasteiger partial charge on any atom is 0.205 e. The van der Waals surface area contributed by atoms with Crippen molar-refractivity contribution in [2.75, 3.05) is 5.32 Å². The quantitative estimate of drug-likeness (QED) is 0.782. The summed E-state index contributed by atoms with van der Waals surface area (Å²) in [6.07, 6.45) is 3.69. The first-order chi connectivity index (χ1) is 8.81. The minimum atomic E-state index is 0.757. The van der Waals surface area contributed by atoms with Crippen LogP contribution >= 0.6 is 11.3 Å². The maximum absolute atomic E-state index is 4.11. The molecule has 0 saturated heterocycles. The third-order valence-electron chi connectivity index (χ3n) is 2.67. The van der Waals surface area contributed by atoms with Gasteiger partial charge in [0.05, 0.1) is 0 Å². The van der Waals surface area contributed by atoms with Crippen LogP contribution in [0.4, 0.5) is 5.13 Å². The molecule has 18 heavy (non-hydrogen) atoms. The highest BCUT2D eigenvalue weighted by molar-refractivity contribution is 7.15. The SMILES string of the molecule is Cc1nnc(NCc2ccc3cnccc3c2)s1. The molecule has 4 nitrogen and oxygen atoms in total. The Balaban J connectivity index is 1.78. The van der Waals surface area contributed by atoms with Crippen LogP contribution in [0.2, 0.25) is 0 Å². The summed E-state index contributed by atoms with van der Waals surface area (Å²) < 4.78 is 0. The van der Waals surface area contributed by atoms with Gasteiger partial charge in [0.15, 0.2) is 0 Å². The molecule has 3 aromatic rings. The van der Waals surface area contributed by atoms with Crippen LogP contribution in [0.25, 0.3) is 10.8 Å². The fourth-order valence-corrected chi connectivity index (χ4v) is 2.38. The summed E-state index contributed by atoms with van der Waals surface area (Å²) in [6, 6.07) is 8.38. The van der Waals surface area contributed by atoms with Gasteiger partial charge in [-0.3, -0.25) is 4.98 Å². The van der Waals surface area contributed by atoms with E-state index in [1.54, 1.807) is 11.3 Å². The number of hydrogen-bond donors (Lipinski definition) is 1. The van der Waals surface area contributed by atoms with Crippen LogP contribution in [0.1, 0.15) is 10.6 Å². The fraction of sp³-hybridized carbons (Fsp3) is 0.154. The predicted octanol–water partition coefficient (Wildman–Crippen LogP) is 3.01. The molecule has 0 unspecified atom stereocenters. The minimum Gasteiger partial charge on any atom is -0.356 e. The fourth-order valence-electron chi connectivity index (χ4n) is 1.79. The molecule has 0 aliphatic heterocycles. The van der Waals surface area contributed by atoms with Gasteiger partial charge < -0.3 is 5.32 Å². The summed E-state index contributed by atoms with van der Waals surface area (Å²) in [4.78, 5) is 4.11. The molecule has 1 N–H and O–H groups in total. The van der Waals surface area contributed by atoms with E-state index in [2.05, 4.69) is 38.7 Å². The van der Waals surface area contributed by atoms with Crippen LogP contribution in [-0.2, 0) is 6.54 Å². The van der Waals surface area contributed by atoms with Crippen molar-refractivity contribution in [2.45, 2.75) is 13.5 Å². The number of aryl methyl sites for hydroxylation is 1. The molecule has 0 amide bonds. The lowest BCUT2D eigenvalue weighted by Gasteiger charge is -2.04. The van der Waals surface area contributed by atoms with Crippen molar-refractivity contribution in [3.05, 3.63) is 47.2 Å². The Labute approximate surface area is 109 Å². The summed E-state index contributed by atoms with van der Waals surface area (Å²) in [5.74, 6) is 0. The topological polar surface area (TPSA) is 50.7 Å². The third-order valence-corrected chi connectivity index (χ3v) is 3.47. The average Bonchev–Trinajstić information content (AvgIpc) is 2.82. The first kappa shape index (κ1) is 11.1. The molecule has 90 valence electrons. The molecule has 0 aliphatic rings. The number of pyridine rings is 1. The van der Waals surface area contributed by atoms with Crippen molar-refractivity contribution < 1.29 is 0 Å². The second-order valence-electron chi connectivity index (χ2n) is 4.04. The molecule has 0 saturated carbocycles. The lowest BCUT2D eigenvalue weighted by molar-refractivity contribution is 1.03. The molecular formula is C13H12N4S. The van der Waals surface area contributed by atoms with Crippen LogP contribution in [-0.4, -0.2) is 15.2 Å². The molecular weight excluding hydrogens is 244 g/mol. The molecule has 2 heterocycles. The largest absolute Gasteiger partial charge is 0.356 e. The highest BCUT2D eigenvalue weighted by Gasteiger charge is 2.00. The van der Waals surface area contributed by atoms with Gasteiger partial charge in [0.2, 0.25) is 5.13 Å². The van der Waals surface area contributed by atoms with Crippen LogP contribution in [0.3, 0.4) is 0 Å². The van der Waals surface area contributed by atoms with Crippen molar-refractivity contribution in [2.24, 2.45) is 0 Å². The zero-order chi connectivity index (χ0) is 12.4. The monoisotopic (exact) mass is 256 g/mol. The molecule has 0 fully saturated rings. The highest BCUT2D eigenvalue weighted by atomic mass is 32.1. The smallest absolute Gasteiger partial charge is 0.205 e. The summed E-state index contributed by atoms with van der Waals surface area (Å²) in [5.41, 5.74) is 1.22. The number of rotatable bonds is 3. The Morgan fingerprint density at radius 1 is 1.17 bits per heavy atom. The lowest BCUT2D eigenvalue weighted by atomic mass is 10.1. The van der Waals surface area contributed by atoms with Crippen molar-refractivity contribution in [3.8, 4) is 0 Å². The van der Waals surface area contributed by atoms with Crippen molar-refractivity contribution >= 4 is 27.2 Å². The van der Waals surface area contributed by atoms with Crippen molar-refractivity contribution in [1.29, 1.82) is 0 Å². The normalized spacial score (nSPS) is 10.7. The third kappa shape index (κ3) is 2.31. The Bertz CT molecular complexity index is 677. The Morgan fingerprint density at radius 3 is 2.94 bits per heavy atom. The van der Waals surface area contributed by atoms with Crippen LogP contribution < -0.4 is 5.32 Å². The summed E-state index contributed by atoms with van der Waals surface area (Å²) in [7, 11) is 0. The van der Waals surface area contributed by atoms with Gasteiger partial charge in [0.25, 0.3) is 0 Å². The molecule has 0 atom stereocenters. The maximum atomic E-state index is 4.11. The summed E-state index contributed by atoms with van der Waals surface area (Å²) in [6.45, 7) is 2.71. The van der Waals surface area contributed by atoms with Gasteiger partial charge in [-0.1, -0.05) is 23.5 Å². The number of aromatic nitrogens is 3. The number of nitrogens with zero attached hydrogens (tertiary/aromatic N) is 3. The second-order valence-corrected chi connectivity index (χ2v) is 5.22. The number of hydrogen-bond acceptors (Lipinski definition) is 5. The van der Waals surface area contributed by atoms with E-state index in [9.17, 15) is 0 Å². The van der Waals surface area contributed by atoms with Gasteiger partial charge in [-0.25, -0.2) is 0 Å². The second kappa shape index (κ2) is 4.70. The van der Waals surface area contributed by atoms with Crippen LogP contribution in [0.5, 0.6) is 0 Å². The number of fused-ring (bicyclic) bond motifs is 1. The van der Waals surface area contributed by atoms with Crippen molar-refractivity contribution in [1.82, 2.24) is 15.2 Å². The van der Waals surface area contributed by atoms with Gasteiger partial charge in [-0.2, -0.15) is 0 Å². The zero-order valence-corrected chi connectivity index (χ0v) is 10.7. The molecule has 0 spiro atoms. The summed E-state index contributed by atoms with van der Waals surface area (Å²) >= 11 is 1.57. The molecule has 3 rings (SSSR count). The van der Waals surface area contributed by atoms with E-state index in [-0.39, 0.29) is 0 Å². The van der Waals surface area contributed by atoms with E-state index in [1.165, 1.54) is 10.9 Å². The van der Waals surface area contributed by atoms with Crippen molar-refractivity contribution in [3.63, 3.8) is 0 Å². The Morgan fingerprint density at radius 2 is 2.11 bits per heavy atom. The van der Waals surface area contributed by atoms with E-state index in [4.69, 9.17) is 0 Å². The standard InChI is InChI=1S/C13H12N4S/c1-9-16-17-13(18-9)15-7-10-2-3-12-8-14-5-4-11(12)6-10/h2-6,8H,7H2,1H3,(H,15,17). The lowest BCUT2D eigenvalue weighted by Crippen LogP contribution is -1.98. The van der Waals surface area contributed by atoms with E-state index >= 15 is 0 Å². The van der Waals surface area contributed by atoms with E-state index in [1.807, 2.05) is 25.4 Å². The molecule has 0 radical (unpaired) electrons. The van der Waals surface area contributed by atoms with Gasteiger partial charge in [0.1, 0.15) is 5.01 Å². The molecule has 0 aliphatic carbocycles. The average molecular weight is 256 g/mol. The molecule has 2 aromatic heterocycles. The molecule has 1 aromatic carbocycles. The summed E-state index contributed by atoms with van der Waals surface area (Å²) in [5, 5.41) is 15.5. The number of anilines is 1. The van der Waals surface area contributed by atoms with Gasteiger partial charge in [0, 0.05) is 24.3 Å². The Kier molecular flexibility index (Phi) is 2.90. The van der Waals surface area contributed by atoms with Crippen LogP contribution in [0, 0.1) is 6.92 Å². The van der Waals surface area contributed by atoms with Crippen LogP contribution in [0.15, 0.2) is 36.7 Å². The molecule has 0 bridgehead atoms. The number of nitrogens with one attached hydrogen (secondary N) is 1. The highest BCUT2D eigenvalue weighted by Crippen LogP contribution is 2.17. The first-order valence-corrected chi connectivity index (χ1v) is 6.49.